The molecule has 0 aliphatic heterocycles. The standard InChI is InChI=1S/C82H64N6/c1-49-32-50(2)37-64(36-49)59-21-26-73-68(44-59)69-45-60(65-38-51(3)33-52(4)39-65)22-27-74(69)87(73)77-30-25-63(82-85-80(57-16-11-9-12-17-57)84-81(86-82)58-18-13-10-14-19-58)48-72(77)79-78(20-15-31-83-79)88-75-28-23-61(66-40-53(5)34-54(6)41-66)46-70(75)71-47-62(24-29-76(71)88)67-42-55(7)35-56(8)43-67/h9-48H,1-8H3. The average Bonchev–Trinajstić information content (AvgIpc) is 1.80. The van der Waals surface area contributed by atoms with Crippen molar-refractivity contribution in [2.45, 2.75) is 55.4 Å². The third-order valence-electron chi connectivity index (χ3n) is 17.2. The van der Waals surface area contributed by atoms with Crippen LogP contribution in [0.2, 0.25) is 0 Å². The summed E-state index contributed by atoms with van der Waals surface area (Å²) >= 11 is 0. The molecule has 0 bridgehead atoms. The lowest BCUT2D eigenvalue weighted by atomic mass is 9.97. The van der Waals surface area contributed by atoms with Gasteiger partial charge in [0.25, 0.3) is 0 Å². The van der Waals surface area contributed by atoms with Crippen molar-refractivity contribution in [3.63, 3.8) is 0 Å². The summed E-state index contributed by atoms with van der Waals surface area (Å²) in [4.78, 5) is 21.3. The second-order valence-electron chi connectivity index (χ2n) is 24.2. The Hall–Kier alpha value is -10.8. The first-order valence-corrected chi connectivity index (χ1v) is 30.3. The summed E-state index contributed by atoms with van der Waals surface area (Å²) in [5.74, 6) is 1.76. The Bertz CT molecular complexity index is 4940. The topological polar surface area (TPSA) is 61.4 Å². The maximum Gasteiger partial charge on any atom is 0.164 e. The SMILES string of the molecule is Cc1cc(C)cc(-c2ccc3c(c2)c2cc(-c4cc(C)cc(C)c4)ccc2n3-c2ccc(-c3nc(-c4ccccc4)nc(-c4ccccc4)n3)cc2-c2ncccc2-n2c3ccc(-c4cc(C)cc(C)c4)cc3c3cc(-c4cc(C)cc(C)c4)ccc32)c1. The molecule has 0 aliphatic rings. The second-order valence-corrected chi connectivity index (χ2v) is 24.2. The van der Waals surface area contributed by atoms with E-state index in [1.165, 1.54) is 89.0 Å². The van der Waals surface area contributed by atoms with Gasteiger partial charge in [-0.2, -0.15) is 0 Å². The quantitative estimate of drug-likeness (QED) is 0.137. The third-order valence-corrected chi connectivity index (χ3v) is 17.2. The molecule has 4 aromatic heterocycles. The molecule has 15 rings (SSSR count). The van der Waals surface area contributed by atoms with Crippen LogP contribution in [0, 0.1) is 55.4 Å². The lowest BCUT2D eigenvalue weighted by Crippen LogP contribution is -2.04. The molecule has 0 amide bonds. The number of rotatable bonds is 10. The fourth-order valence-corrected chi connectivity index (χ4v) is 13.6. The van der Waals surface area contributed by atoms with Crippen LogP contribution in [0.3, 0.4) is 0 Å². The number of benzene rings is 11. The largest absolute Gasteiger partial charge is 0.309 e. The van der Waals surface area contributed by atoms with E-state index < -0.39 is 0 Å². The third kappa shape index (κ3) is 9.83. The lowest BCUT2D eigenvalue weighted by molar-refractivity contribution is 1.07. The molecule has 0 radical (unpaired) electrons. The molecule has 6 nitrogen and oxygen atoms in total. The second kappa shape index (κ2) is 21.6. The molecule has 15 aromatic rings. The number of fused-ring (bicyclic) bond motifs is 6. The van der Waals surface area contributed by atoms with Crippen molar-refractivity contribution < 1.29 is 0 Å². The summed E-state index contributed by atoms with van der Waals surface area (Å²) in [5.41, 5.74) is 30.0. The molecule has 4 heterocycles. The molecule has 0 unspecified atom stereocenters. The molecular weight excluding hydrogens is 1070 g/mol. The summed E-state index contributed by atoms with van der Waals surface area (Å²) in [6.45, 7) is 17.5. The fourth-order valence-electron chi connectivity index (χ4n) is 13.6. The van der Waals surface area contributed by atoms with Crippen molar-refractivity contribution in [1.29, 1.82) is 0 Å². The van der Waals surface area contributed by atoms with Gasteiger partial charge in [0.05, 0.1) is 39.1 Å². The summed E-state index contributed by atoms with van der Waals surface area (Å²) in [6, 6.07) is 86.7. The highest BCUT2D eigenvalue weighted by Crippen LogP contribution is 2.45. The van der Waals surface area contributed by atoms with E-state index in [4.69, 9.17) is 19.9 Å². The summed E-state index contributed by atoms with van der Waals surface area (Å²) in [7, 11) is 0. The van der Waals surface area contributed by atoms with Gasteiger partial charge < -0.3 is 9.13 Å². The number of hydrogen-bond acceptors (Lipinski definition) is 4. The minimum atomic E-state index is 0.561. The van der Waals surface area contributed by atoms with Crippen LogP contribution in [0.5, 0.6) is 0 Å². The molecule has 11 aromatic carbocycles. The van der Waals surface area contributed by atoms with E-state index in [1.54, 1.807) is 0 Å². The average molecular weight is 1130 g/mol. The Morgan fingerprint density at radius 3 is 0.909 bits per heavy atom. The van der Waals surface area contributed by atoms with Gasteiger partial charge in [0, 0.05) is 50.0 Å². The Balaban J connectivity index is 1.02. The van der Waals surface area contributed by atoms with Gasteiger partial charge in [0.1, 0.15) is 0 Å². The van der Waals surface area contributed by atoms with Crippen LogP contribution in [-0.2, 0) is 0 Å². The van der Waals surface area contributed by atoms with Crippen molar-refractivity contribution in [2.24, 2.45) is 0 Å². The predicted octanol–water partition coefficient (Wildman–Crippen LogP) is 21.3. The molecule has 422 valence electrons. The van der Waals surface area contributed by atoms with Crippen molar-refractivity contribution in [1.82, 2.24) is 29.1 Å². The van der Waals surface area contributed by atoms with E-state index in [-0.39, 0.29) is 0 Å². The highest BCUT2D eigenvalue weighted by atomic mass is 15.0. The van der Waals surface area contributed by atoms with E-state index in [0.29, 0.717) is 17.5 Å². The summed E-state index contributed by atoms with van der Waals surface area (Å²) < 4.78 is 4.89. The number of hydrogen-bond donors (Lipinski definition) is 0. The van der Waals surface area contributed by atoms with Crippen molar-refractivity contribution in [3.05, 3.63) is 287 Å². The number of aromatic nitrogens is 6. The van der Waals surface area contributed by atoms with E-state index in [1.807, 2.05) is 42.6 Å². The first kappa shape index (κ1) is 53.9. The molecule has 6 heteroatoms. The van der Waals surface area contributed by atoms with Gasteiger partial charge in [0.15, 0.2) is 17.5 Å². The van der Waals surface area contributed by atoms with Crippen LogP contribution in [0.15, 0.2) is 243 Å². The van der Waals surface area contributed by atoms with Crippen molar-refractivity contribution in [2.75, 3.05) is 0 Å². The van der Waals surface area contributed by atoms with Crippen LogP contribution in [0.4, 0.5) is 0 Å². The summed E-state index contributed by atoms with van der Waals surface area (Å²) in [6.07, 6.45) is 1.93. The molecule has 0 aliphatic carbocycles. The highest BCUT2D eigenvalue weighted by Gasteiger charge is 2.25. The van der Waals surface area contributed by atoms with Gasteiger partial charge in [-0.3, -0.25) is 4.98 Å². The fraction of sp³-hybridized carbons (Fsp3) is 0.0976. The maximum absolute atomic E-state index is 5.54. The molecular formula is C82H64N6. The van der Waals surface area contributed by atoms with E-state index in [9.17, 15) is 0 Å². The molecule has 0 saturated heterocycles. The van der Waals surface area contributed by atoms with E-state index in [0.717, 1.165) is 82.9 Å². The van der Waals surface area contributed by atoms with Crippen LogP contribution >= 0.6 is 0 Å². The minimum Gasteiger partial charge on any atom is -0.309 e. The smallest absolute Gasteiger partial charge is 0.164 e. The maximum atomic E-state index is 5.54. The molecule has 0 spiro atoms. The van der Waals surface area contributed by atoms with Gasteiger partial charge in [-0.15, -0.1) is 0 Å². The Morgan fingerprint density at radius 2 is 0.557 bits per heavy atom. The van der Waals surface area contributed by atoms with Crippen LogP contribution in [0.1, 0.15) is 44.5 Å². The van der Waals surface area contributed by atoms with Crippen LogP contribution in [-0.4, -0.2) is 29.1 Å². The summed E-state index contributed by atoms with van der Waals surface area (Å²) in [5, 5.41) is 4.65. The van der Waals surface area contributed by atoms with Gasteiger partial charge >= 0.3 is 0 Å². The Labute approximate surface area is 513 Å². The Kier molecular flexibility index (Phi) is 13.2. The van der Waals surface area contributed by atoms with Crippen molar-refractivity contribution in [3.8, 4) is 101 Å². The number of aryl methyl sites for hydroxylation is 8. The van der Waals surface area contributed by atoms with Gasteiger partial charge in [-0.05, 0) is 179 Å². The van der Waals surface area contributed by atoms with Gasteiger partial charge in [-0.1, -0.05) is 202 Å². The molecule has 0 N–H and O–H groups in total. The lowest BCUT2D eigenvalue weighted by Gasteiger charge is -2.19. The van der Waals surface area contributed by atoms with Crippen molar-refractivity contribution >= 4 is 43.6 Å². The molecule has 0 saturated carbocycles. The van der Waals surface area contributed by atoms with Gasteiger partial charge in [-0.25, -0.2) is 15.0 Å². The first-order chi connectivity index (χ1) is 42.8. The monoisotopic (exact) mass is 1130 g/mol. The van der Waals surface area contributed by atoms with E-state index >= 15 is 0 Å². The zero-order valence-electron chi connectivity index (χ0n) is 50.8. The van der Waals surface area contributed by atoms with Crippen LogP contribution in [0.25, 0.3) is 145 Å². The molecule has 0 atom stereocenters. The molecule has 0 fully saturated rings. The highest BCUT2D eigenvalue weighted by molar-refractivity contribution is 6.14. The van der Waals surface area contributed by atoms with Crippen LogP contribution < -0.4 is 0 Å². The number of pyridine rings is 1. The van der Waals surface area contributed by atoms with E-state index in [2.05, 4.69) is 265 Å². The normalized spacial score (nSPS) is 11.6. The Morgan fingerprint density at radius 1 is 0.239 bits per heavy atom. The van der Waals surface area contributed by atoms with Gasteiger partial charge in [0.2, 0.25) is 0 Å². The molecule has 88 heavy (non-hydrogen) atoms. The minimum absolute atomic E-state index is 0.561. The zero-order valence-corrected chi connectivity index (χ0v) is 50.8. The predicted molar refractivity (Wildman–Crippen MR) is 368 cm³/mol. The zero-order chi connectivity index (χ0) is 59.9. The first-order valence-electron chi connectivity index (χ1n) is 30.3. The number of nitrogens with zero attached hydrogens (tertiary/aromatic N) is 6.